The van der Waals surface area contributed by atoms with E-state index in [2.05, 4.69) is 48.5 Å². The number of halogens is 1. The minimum absolute atomic E-state index is 0.0168. The van der Waals surface area contributed by atoms with Gasteiger partial charge in [-0.2, -0.15) is 0 Å². The standard InChI is InChI=1S/C12H22BrNO/c1-8(2)7-14(10-5-6-10)12(15)11(13)9(3)4/h8-11H,5-7H2,1-4H3. The molecule has 0 bridgehead atoms. The predicted octanol–water partition coefficient (Wildman–Crippen LogP) is 3.05. The van der Waals surface area contributed by atoms with E-state index in [1.54, 1.807) is 0 Å². The molecule has 88 valence electrons. The Morgan fingerprint density at radius 2 is 1.87 bits per heavy atom. The third kappa shape index (κ3) is 3.78. The Bertz CT molecular complexity index is 224. The fourth-order valence-corrected chi connectivity index (χ4v) is 1.91. The predicted molar refractivity (Wildman–Crippen MR) is 67.1 cm³/mol. The van der Waals surface area contributed by atoms with Gasteiger partial charge in [0, 0.05) is 12.6 Å². The lowest BCUT2D eigenvalue weighted by atomic mass is 10.1. The summed E-state index contributed by atoms with van der Waals surface area (Å²) in [6.45, 7) is 9.40. The average Bonchev–Trinajstić information content (AvgIpc) is 2.94. The summed E-state index contributed by atoms with van der Waals surface area (Å²) < 4.78 is 0. The molecular weight excluding hydrogens is 254 g/mol. The average molecular weight is 276 g/mol. The first-order valence-corrected chi connectivity index (χ1v) is 6.79. The largest absolute Gasteiger partial charge is 0.338 e. The zero-order chi connectivity index (χ0) is 11.6. The molecule has 0 aromatic rings. The van der Waals surface area contributed by atoms with Crippen molar-refractivity contribution in [2.75, 3.05) is 6.54 Å². The first-order valence-electron chi connectivity index (χ1n) is 5.88. The van der Waals surface area contributed by atoms with Gasteiger partial charge in [0.2, 0.25) is 5.91 Å². The molecular formula is C12H22BrNO. The fourth-order valence-electron chi connectivity index (χ4n) is 1.64. The van der Waals surface area contributed by atoms with E-state index in [0.717, 1.165) is 6.54 Å². The van der Waals surface area contributed by atoms with Crippen molar-refractivity contribution < 1.29 is 4.79 Å². The SMILES string of the molecule is CC(C)CN(C(=O)C(Br)C(C)C)C1CC1. The van der Waals surface area contributed by atoms with Crippen molar-refractivity contribution >= 4 is 21.8 Å². The molecule has 3 heteroatoms. The first kappa shape index (κ1) is 13.0. The van der Waals surface area contributed by atoms with Crippen LogP contribution in [0.4, 0.5) is 0 Å². The van der Waals surface area contributed by atoms with Gasteiger partial charge in [-0.3, -0.25) is 4.79 Å². The number of amides is 1. The van der Waals surface area contributed by atoms with E-state index < -0.39 is 0 Å². The lowest BCUT2D eigenvalue weighted by Crippen LogP contribution is -2.42. The molecule has 1 atom stereocenters. The van der Waals surface area contributed by atoms with Crippen LogP contribution in [-0.4, -0.2) is 28.2 Å². The summed E-state index contributed by atoms with van der Waals surface area (Å²) in [7, 11) is 0. The van der Waals surface area contributed by atoms with Crippen LogP contribution >= 0.6 is 15.9 Å². The molecule has 1 fully saturated rings. The topological polar surface area (TPSA) is 20.3 Å². The normalized spacial score (nSPS) is 18.3. The van der Waals surface area contributed by atoms with Gasteiger partial charge < -0.3 is 4.90 Å². The fraction of sp³-hybridized carbons (Fsp3) is 0.917. The number of carbonyl (C=O) groups is 1. The van der Waals surface area contributed by atoms with Crippen LogP contribution < -0.4 is 0 Å². The summed E-state index contributed by atoms with van der Waals surface area (Å²) in [4.78, 5) is 14.2. The Hall–Kier alpha value is -0.0500. The summed E-state index contributed by atoms with van der Waals surface area (Å²) in [5.41, 5.74) is 0. The van der Waals surface area contributed by atoms with Crippen molar-refractivity contribution in [3.8, 4) is 0 Å². The molecule has 0 aromatic carbocycles. The number of hydrogen-bond donors (Lipinski definition) is 0. The van der Waals surface area contributed by atoms with E-state index in [-0.39, 0.29) is 10.7 Å². The molecule has 1 saturated carbocycles. The Kier molecular flexibility index (Phi) is 4.63. The monoisotopic (exact) mass is 275 g/mol. The molecule has 0 heterocycles. The van der Waals surface area contributed by atoms with E-state index in [9.17, 15) is 4.79 Å². The summed E-state index contributed by atoms with van der Waals surface area (Å²) in [6.07, 6.45) is 2.38. The van der Waals surface area contributed by atoms with Crippen molar-refractivity contribution in [1.29, 1.82) is 0 Å². The maximum atomic E-state index is 12.2. The minimum atomic E-state index is -0.0168. The van der Waals surface area contributed by atoms with Crippen molar-refractivity contribution in [2.24, 2.45) is 11.8 Å². The number of alkyl halides is 1. The van der Waals surface area contributed by atoms with Crippen LogP contribution in [0.1, 0.15) is 40.5 Å². The van der Waals surface area contributed by atoms with Crippen molar-refractivity contribution in [1.82, 2.24) is 4.90 Å². The molecule has 0 saturated heterocycles. The molecule has 0 aromatic heterocycles. The summed E-state index contributed by atoms with van der Waals surface area (Å²) in [5, 5.41) is 0. The van der Waals surface area contributed by atoms with E-state index >= 15 is 0 Å². The first-order chi connectivity index (χ1) is 6.93. The van der Waals surface area contributed by atoms with Gasteiger partial charge in [-0.1, -0.05) is 43.6 Å². The molecule has 1 amide bonds. The number of carbonyl (C=O) groups excluding carboxylic acids is 1. The van der Waals surface area contributed by atoms with Crippen molar-refractivity contribution in [3.63, 3.8) is 0 Å². The lowest BCUT2D eigenvalue weighted by Gasteiger charge is -2.28. The van der Waals surface area contributed by atoms with Gasteiger partial charge in [0.15, 0.2) is 0 Å². The molecule has 0 aliphatic heterocycles. The summed E-state index contributed by atoms with van der Waals surface area (Å²) >= 11 is 3.50. The smallest absolute Gasteiger partial charge is 0.236 e. The quantitative estimate of drug-likeness (QED) is 0.707. The molecule has 1 aliphatic rings. The van der Waals surface area contributed by atoms with Crippen LogP contribution in [0.5, 0.6) is 0 Å². The number of nitrogens with zero attached hydrogens (tertiary/aromatic N) is 1. The van der Waals surface area contributed by atoms with Gasteiger partial charge >= 0.3 is 0 Å². The van der Waals surface area contributed by atoms with Gasteiger partial charge in [-0.25, -0.2) is 0 Å². The van der Waals surface area contributed by atoms with E-state index in [1.807, 2.05) is 0 Å². The van der Waals surface area contributed by atoms with Crippen LogP contribution in [0, 0.1) is 11.8 Å². The highest BCUT2D eigenvalue weighted by molar-refractivity contribution is 9.10. The van der Waals surface area contributed by atoms with E-state index in [0.29, 0.717) is 17.9 Å². The number of hydrogen-bond acceptors (Lipinski definition) is 1. The molecule has 1 rings (SSSR count). The summed E-state index contributed by atoms with van der Waals surface area (Å²) in [6, 6.07) is 0.527. The lowest BCUT2D eigenvalue weighted by molar-refractivity contribution is -0.132. The van der Waals surface area contributed by atoms with Crippen LogP contribution in [-0.2, 0) is 4.79 Å². The molecule has 2 nitrogen and oxygen atoms in total. The second-order valence-corrected chi connectivity index (χ2v) is 6.25. The highest BCUT2D eigenvalue weighted by Gasteiger charge is 2.35. The Balaban J connectivity index is 2.58. The van der Waals surface area contributed by atoms with Gasteiger partial charge in [-0.05, 0) is 24.7 Å². The molecule has 0 radical (unpaired) electrons. The zero-order valence-corrected chi connectivity index (χ0v) is 11.8. The highest BCUT2D eigenvalue weighted by Crippen LogP contribution is 2.30. The highest BCUT2D eigenvalue weighted by atomic mass is 79.9. The molecule has 15 heavy (non-hydrogen) atoms. The minimum Gasteiger partial charge on any atom is -0.338 e. The van der Waals surface area contributed by atoms with Crippen LogP contribution in [0.25, 0.3) is 0 Å². The third-order valence-electron chi connectivity index (χ3n) is 2.65. The summed E-state index contributed by atoms with van der Waals surface area (Å²) in [5.74, 6) is 1.20. The van der Waals surface area contributed by atoms with E-state index in [4.69, 9.17) is 0 Å². The van der Waals surface area contributed by atoms with Crippen molar-refractivity contribution in [3.05, 3.63) is 0 Å². The second kappa shape index (κ2) is 5.33. The van der Waals surface area contributed by atoms with Crippen LogP contribution in [0.3, 0.4) is 0 Å². The third-order valence-corrected chi connectivity index (χ3v) is 4.10. The van der Waals surface area contributed by atoms with Crippen LogP contribution in [0.15, 0.2) is 0 Å². The second-order valence-electron chi connectivity index (χ2n) is 5.26. The van der Waals surface area contributed by atoms with Crippen LogP contribution in [0.2, 0.25) is 0 Å². The number of rotatable bonds is 5. The molecule has 0 spiro atoms. The van der Waals surface area contributed by atoms with Gasteiger partial charge in [-0.15, -0.1) is 0 Å². The van der Waals surface area contributed by atoms with Gasteiger partial charge in [0.25, 0.3) is 0 Å². The molecule has 1 unspecified atom stereocenters. The maximum absolute atomic E-state index is 12.2. The Morgan fingerprint density at radius 3 is 2.20 bits per heavy atom. The Morgan fingerprint density at radius 1 is 1.33 bits per heavy atom. The molecule has 0 N–H and O–H groups in total. The zero-order valence-electron chi connectivity index (χ0n) is 10.2. The molecule has 1 aliphatic carbocycles. The van der Waals surface area contributed by atoms with E-state index in [1.165, 1.54) is 12.8 Å². The van der Waals surface area contributed by atoms with Gasteiger partial charge in [0.05, 0.1) is 4.83 Å². The maximum Gasteiger partial charge on any atom is 0.236 e. The Labute approximate surface area is 102 Å². The van der Waals surface area contributed by atoms with Crippen molar-refractivity contribution in [2.45, 2.75) is 51.4 Å². The van der Waals surface area contributed by atoms with Gasteiger partial charge in [0.1, 0.15) is 0 Å².